The van der Waals surface area contributed by atoms with Crippen molar-refractivity contribution in [3.63, 3.8) is 0 Å². The van der Waals surface area contributed by atoms with Crippen molar-refractivity contribution in [2.45, 2.75) is 49.1 Å². The predicted octanol–water partition coefficient (Wildman–Crippen LogP) is -0.870. The molecule has 0 saturated carbocycles. The number of nitrogens with one attached hydrogen (secondary N) is 1. The van der Waals surface area contributed by atoms with Crippen LogP contribution in [0.2, 0.25) is 0 Å². The number of nitrogen functional groups attached to an aromatic ring is 1. The summed E-state index contributed by atoms with van der Waals surface area (Å²) in [5.41, 5.74) is 5.91. The average Bonchev–Trinajstić information content (AvgIpc) is 3.73. The molecule has 3 fully saturated rings. The Morgan fingerprint density at radius 2 is 1.52 bits per heavy atom. The Morgan fingerprint density at radius 3 is 2.20 bits per heavy atom. The minimum Gasteiger partial charge on any atom is -0.386 e. The number of nitrogens with zero attached hydrogens (tertiary/aromatic N) is 7. The molecule has 4 aromatic rings. The summed E-state index contributed by atoms with van der Waals surface area (Å²) in [5, 5.41) is 22.5. The van der Waals surface area contributed by atoms with Gasteiger partial charge >= 0.3 is 13.5 Å². The second kappa shape index (κ2) is 11.1. The van der Waals surface area contributed by atoms with Crippen LogP contribution in [0.3, 0.4) is 0 Å². The number of rotatable bonds is 2. The van der Waals surface area contributed by atoms with E-state index in [1.807, 2.05) is 0 Å². The highest BCUT2D eigenvalue weighted by molar-refractivity contribution is 8.44. The van der Waals surface area contributed by atoms with E-state index in [1.165, 1.54) is 28.1 Å². The van der Waals surface area contributed by atoms with Crippen LogP contribution in [-0.2, 0) is 43.9 Å². The molecule has 6 N–H and O–H groups in total. The van der Waals surface area contributed by atoms with E-state index < -0.39 is 81.4 Å². The van der Waals surface area contributed by atoms with Gasteiger partial charge in [0.05, 0.1) is 32.2 Å². The molecule has 3 saturated heterocycles. The normalized spacial score (nSPS) is 38.3. The monoisotopic (exact) mass is 691 g/mol. The highest BCUT2D eigenvalue weighted by Crippen LogP contribution is 2.58. The number of thiol groups is 1. The zero-order valence-corrected chi connectivity index (χ0v) is 25.4. The van der Waals surface area contributed by atoms with Crippen LogP contribution in [-0.4, -0.2) is 104 Å². The lowest BCUT2D eigenvalue weighted by Crippen LogP contribution is -2.38. The number of aromatic nitrogens is 8. The number of hydrogen-bond donors (Lipinski definition) is 6. The number of imidazole rings is 2. The van der Waals surface area contributed by atoms with Crippen LogP contribution in [0.5, 0.6) is 0 Å². The quantitative estimate of drug-likeness (QED) is 0.110. The molecule has 10 atom stereocenters. The fraction of sp³-hybridized carbons (Fsp3) is 0.500. The molecule has 3 aliphatic rings. The third-order valence-electron chi connectivity index (χ3n) is 7.23. The number of anilines is 1. The molecule has 24 heteroatoms. The van der Waals surface area contributed by atoms with E-state index in [4.69, 9.17) is 45.1 Å². The first kappa shape index (κ1) is 30.2. The van der Waals surface area contributed by atoms with Crippen molar-refractivity contribution < 1.29 is 47.2 Å². The molecule has 0 bridgehead atoms. The third-order valence-corrected chi connectivity index (χ3v) is 10.4. The molecule has 0 aromatic carbocycles. The minimum absolute atomic E-state index is 0.0155. The van der Waals surface area contributed by atoms with Crippen molar-refractivity contribution in [2.75, 3.05) is 18.9 Å². The van der Waals surface area contributed by atoms with Crippen LogP contribution in [0.1, 0.15) is 12.5 Å². The number of H-pyrrole nitrogens is 1. The van der Waals surface area contributed by atoms with E-state index in [-0.39, 0.29) is 28.1 Å². The van der Waals surface area contributed by atoms with Crippen molar-refractivity contribution >= 4 is 65.7 Å². The van der Waals surface area contributed by atoms with Gasteiger partial charge < -0.3 is 39.8 Å². The minimum atomic E-state index is -4.28. The van der Waals surface area contributed by atoms with Crippen LogP contribution in [0, 0.1) is 0 Å². The maximum absolute atomic E-state index is 13.4. The van der Waals surface area contributed by atoms with Gasteiger partial charge in [-0.25, -0.2) is 29.5 Å². The number of ether oxygens (including phenoxy) is 2. The van der Waals surface area contributed by atoms with Crippen molar-refractivity contribution in [3.8, 4) is 0 Å². The molecule has 20 nitrogen and oxygen atoms in total. The number of nitrogens with two attached hydrogens (primary N) is 1. The van der Waals surface area contributed by atoms with Gasteiger partial charge in [-0.1, -0.05) is 12.2 Å². The Kier molecular flexibility index (Phi) is 7.64. The second-order valence-electron chi connectivity index (χ2n) is 9.92. The lowest BCUT2D eigenvalue weighted by atomic mass is 10.1. The number of aliphatic hydroxyl groups is 2. The molecule has 6 unspecified atom stereocenters. The molecule has 7 heterocycles. The Hall–Kier alpha value is -2.43. The van der Waals surface area contributed by atoms with Gasteiger partial charge in [0.15, 0.2) is 35.1 Å². The number of hydrogen-bond acceptors (Lipinski definition) is 17. The smallest absolute Gasteiger partial charge is 0.386 e. The molecule has 7 rings (SSSR count). The van der Waals surface area contributed by atoms with Crippen molar-refractivity contribution in [1.29, 1.82) is 0 Å². The first-order chi connectivity index (χ1) is 20.9. The molecular weight excluding hydrogens is 668 g/mol. The maximum atomic E-state index is 13.4. The van der Waals surface area contributed by atoms with Crippen LogP contribution < -0.4 is 11.3 Å². The highest BCUT2D eigenvalue weighted by Gasteiger charge is 2.53. The molecule has 0 radical (unpaired) electrons. The lowest BCUT2D eigenvalue weighted by molar-refractivity contribution is -0.0577. The summed E-state index contributed by atoms with van der Waals surface area (Å²) in [5.74, 6) is 0.0991. The molecule has 0 spiro atoms. The Morgan fingerprint density at radius 1 is 0.932 bits per heavy atom. The van der Waals surface area contributed by atoms with Crippen molar-refractivity contribution in [2.24, 2.45) is 0 Å². The fourth-order valence-electron chi connectivity index (χ4n) is 5.24. The first-order valence-corrected chi connectivity index (χ1v) is 18.0. The zero-order chi connectivity index (χ0) is 31.0. The van der Waals surface area contributed by atoms with Gasteiger partial charge in [0, 0.05) is 0 Å². The van der Waals surface area contributed by atoms with Crippen LogP contribution in [0.15, 0.2) is 30.1 Å². The molecule has 4 aromatic heterocycles. The van der Waals surface area contributed by atoms with Gasteiger partial charge in [-0.05, 0) is 11.8 Å². The summed E-state index contributed by atoms with van der Waals surface area (Å²) in [6.07, 6.45) is -5.75. The van der Waals surface area contributed by atoms with Gasteiger partial charge in [-0.15, -0.1) is 0 Å². The van der Waals surface area contributed by atoms with E-state index in [0.29, 0.717) is 0 Å². The van der Waals surface area contributed by atoms with E-state index in [0.717, 1.165) is 6.33 Å². The van der Waals surface area contributed by atoms with E-state index >= 15 is 0 Å². The van der Waals surface area contributed by atoms with Gasteiger partial charge in [-0.2, -0.15) is 0 Å². The van der Waals surface area contributed by atoms with Gasteiger partial charge in [0.1, 0.15) is 48.5 Å². The fourth-order valence-corrected chi connectivity index (χ4v) is 8.17. The third kappa shape index (κ3) is 5.28. The Balaban J connectivity index is 1.17. The summed E-state index contributed by atoms with van der Waals surface area (Å²) >= 11 is 9.29. The predicted molar refractivity (Wildman–Crippen MR) is 152 cm³/mol. The first-order valence-electron chi connectivity index (χ1n) is 12.7. The summed E-state index contributed by atoms with van der Waals surface area (Å²) in [4.78, 5) is 45.8. The van der Waals surface area contributed by atoms with Crippen molar-refractivity contribution in [3.05, 3.63) is 35.7 Å². The maximum Gasteiger partial charge on any atom is 0.386 e. The summed E-state index contributed by atoms with van der Waals surface area (Å²) in [7, 11) is 0. The number of fused-ring (bicyclic) bond motifs is 4. The Bertz CT molecular complexity index is 1890. The average molecular weight is 692 g/mol. The van der Waals surface area contributed by atoms with Gasteiger partial charge in [0.25, 0.3) is 5.56 Å². The van der Waals surface area contributed by atoms with Gasteiger partial charge in [0.2, 0.25) is 0 Å². The highest BCUT2D eigenvalue weighted by atomic mass is 32.7. The van der Waals surface area contributed by atoms with Crippen LogP contribution in [0.4, 0.5) is 5.82 Å². The van der Waals surface area contributed by atoms with Crippen LogP contribution in [0.25, 0.3) is 22.3 Å². The SMILES string of the molecule is Nc1ncnc2c1ncn2C1OC2COP(O)(=S)O[C@@H]3C(COP(=O)(S)O[C@H]2[C@H]1O)OC(n1cnc2c(=O)[nH]cnc21)[C@@H]3O. The molecular formula is C20H23N9O11P2S2. The largest absolute Gasteiger partial charge is 0.386 e. The number of aliphatic hydroxyl groups excluding tert-OH is 2. The van der Waals surface area contributed by atoms with Crippen molar-refractivity contribution in [1.82, 2.24) is 39.0 Å². The molecule has 3 aliphatic heterocycles. The topological polar surface area (TPSA) is 266 Å². The molecule has 44 heavy (non-hydrogen) atoms. The van der Waals surface area contributed by atoms with E-state index in [1.54, 1.807) is 0 Å². The Labute approximate surface area is 255 Å². The zero-order valence-electron chi connectivity index (χ0n) is 21.9. The van der Waals surface area contributed by atoms with E-state index in [9.17, 15) is 24.5 Å². The summed E-state index contributed by atoms with van der Waals surface area (Å²) in [6, 6.07) is 0. The van der Waals surface area contributed by atoms with Gasteiger partial charge in [-0.3, -0.25) is 27.5 Å². The molecule has 236 valence electrons. The summed E-state index contributed by atoms with van der Waals surface area (Å²) < 4.78 is 50.4. The number of aromatic amines is 1. The van der Waals surface area contributed by atoms with E-state index in [2.05, 4.69) is 42.2 Å². The lowest BCUT2D eigenvalue weighted by Gasteiger charge is -2.29. The molecule has 0 aliphatic carbocycles. The standard InChI is InChI=1S/C20H23N9O11P2S2/c21-15-9-16(23-3-22-15)28(5-26-9)19-11(30)13-7(37-19)1-35-42(34,44)40-14-8(2-36-41(33,43)39-13)38-20(12(14)31)29-6-27-10-17(29)24-4-25-18(10)32/h3-8,11-14,19-20,30-31H,1-2H2,(H,33,43)(H,34,44)(H2,21,22,23)(H,24,25,32)/t7?,8?,11-,12-,13-,14-,19?,20?,41?,42?/m1/s1. The molecule has 0 amide bonds. The van der Waals surface area contributed by atoms with Crippen LogP contribution >= 0.6 is 25.8 Å². The summed E-state index contributed by atoms with van der Waals surface area (Å²) in [6.45, 7) is -9.49. The second-order valence-corrected chi connectivity index (χ2v) is 15.6.